The highest BCUT2D eigenvalue weighted by Gasteiger charge is 2.19. The number of carbonyl (C=O) groups is 1. The van der Waals surface area contributed by atoms with Gasteiger partial charge in [-0.3, -0.25) is 4.79 Å². The number of amides is 1. The zero-order valence-corrected chi connectivity index (χ0v) is 15.6. The van der Waals surface area contributed by atoms with Crippen molar-refractivity contribution in [3.8, 4) is 5.69 Å². The maximum Gasteiger partial charge on any atom is 0.278 e. The third-order valence-corrected chi connectivity index (χ3v) is 5.04. The van der Waals surface area contributed by atoms with E-state index in [1.54, 1.807) is 16.4 Å². The predicted molar refractivity (Wildman–Crippen MR) is 102 cm³/mol. The molecule has 0 bridgehead atoms. The molecule has 1 heterocycles. The minimum Gasteiger partial charge on any atom is -0.320 e. The van der Waals surface area contributed by atoms with Crippen LogP contribution in [0.1, 0.15) is 21.7 Å². The number of thioether (sulfide) groups is 1. The van der Waals surface area contributed by atoms with Crippen LogP contribution in [0, 0.1) is 13.8 Å². The van der Waals surface area contributed by atoms with E-state index >= 15 is 0 Å². The van der Waals surface area contributed by atoms with Crippen LogP contribution in [0.15, 0.2) is 47.4 Å². The van der Waals surface area contributed by atoms with Crippen molar-refractivity contribution in [2.75, 3.05) is 11.6 Å². The van der Waals surface area contributed by atoms with Crippen molar-refractivity contribution in [2.24, 2.45) is 0 Å². The van der Waals surface area contributed by atoms with Gasteiger partial charge in [-0.1, -0.05) is 28.9 Å². The van der Waals surface area contributed by atoms with Crippen molar-refractivity contribution in [1.29, 1.82) is 0 Å². The maximum atomic E-state index is 12.6. The summed E-state index contributed by atoms with van der Waals surface area (Å²) < 4.78 is 1.63. The average molecular weight is 373 g/mol. The van der Waals surface area contributed by atoms with Gasteiger partial charge < -0.3 is 5.32 Å². The van der Waals surface area contributed by atoms with E-state index in [2.05, 4.69) is 15.6 Å². The Kier molecular flexibility index (Phi) is 5.11. The molecule has 3 rings (SSSR count). The van der Waals surface area contributed by atoms with Crippen LogP contribution in [0.2, 0.25) is 5.02 Å². The van der Waals surface area contributed by atoms with Crippen LogP contribution in [-0.4, -0.2) is 27.2 Å². The Morgan fingerprint density at radius 1 is 1.20 bits per heavy atom. The summed E-state index contributed by atoms with van der Waals surface area (Å²) in [7, 11) is 0. The molecule has 1 amide bonds. The first-order chi connectivity index (χ1) is 12.0. The molecular formula is C18H17ClN4OS. The Morgan fingerprint density at radius 2 is 1.96 bits per heavy atom. The zero-order chi connectivity index (χ0) is 18.0. The fourth-order valence-corrected chi connectivity index (χ4v) is 3.11. The van der Waals surface area contributed by atoms with E-state index in [-0.39, 0.29) is 11.6 Å². The van der Waals surface area contributed by atoms with E-state index in [1.165, 1.54) is 0 Å². The Balaban J connectivity index is 1.90. The third kappa shape index (κ3) is 3.55. The SMILES string of the molecule is CSc1cccc(NC(=O)c2nnn(-c3cccc(Cl)c3C)c2C)c1. The molecule has 0 aliphatic carbocycles. The van der Waals surface area contributed by atoms with Crippen molar-refractivity contribution in [3.63, 3.8) is 0 Å². The van der Waals surface area contributed by atoms with Gasteiger partial charge in [0.1, 0.15) is 0 Å². The van der Waals surface area contributed by atoms with Crippen molar-refractivity contribution in [1.82, 2.24) is 15.0 Å². The highest BCUT2D eigenvalue weighted by molar-refractivity contribution is 7.98. The normalized spacial score (nSPS) is 10.7. The summed E-state index contributed by atoms with van der Waals surface area (Å²) in [5.74, 6) is -0.290. The van der Waals surface area contributed by atoms with Crippen LogP contribution < -0.4 is 5.32 Å². The van der Waals surface area contributed by atoms with E-state index in [0.717, 1.165) is 21.8 Å². The minimum atomic E-state index is -0.290. The molecule has 0 saturated heterocycles. The smallest absolute Gasteiger partial charge is 0.278 e. The van der Waals surface area contributed by atoms with Gasteiger partial charge in [-0.05, 0) is 56.0 Å². The summed E-state index contributed by atoms with van der Waals surface area (Å²) >= 11 is 7.80. The monoisotopic (exact) mass is 372 g/mol. The second-order valence-electron chi connectivity index (χ2n) is 5.51. The number of carbonyl (C=O) groups excluding carboxylic acids is 1. The van der Waals surface area contributed by atoms with E-state index in [9.17, 15) is 4.79 Å². The lowest BCUT2D eigenvalue weighted by molar-refractivity contribution is 0.102. The first-order valence-corrected chi connectivity index (χ1v) is 9.24. The number of hydrogen-bond donors (Lipinski definition) is 1. The van der Waals surface area contributed by atoms with Gasteiger partial charge in [0, 0.05) is 15.6 Å². The zero-order valence-electron chi connectivity index (χ0n) is 14.1. The molecule has 0 radical (unpaired) electrons. The van der Waals surface area contributed by atoms with E-state index in [4.69, 9.17) is 11.6 Å². The molecule has 0 fully saturated rings. The first kappa shape index (κ1) is 17.5. The lowest BCUT2D eigenvalue weighted by Gasteiger charge is -2.09. The summed E-state index contributed by atoms with van der Waals surface area (Å²) in [6, 6.07) is 13.2. The molecule has 0 unspecified atom stereocenters. The molecule has 3 aromatic rings. The Labute approximate surface area is 155 Å². The molecule has 128 valence electrons. The molecule has 0 aliphatic rings. The van der Waals surface area contributed by atoms with Crippen molar-refractivity contribution in [3.05, 3.63) is 64.4 Å². The lowest BCUT2D eigenvalue weighted by atomic mass is 10.2. The summed E-state index contributed by atoms with van der Waals surface area (Å²) in [5.41, 5.74) is 3.36. The van der Waals surface area contributed by atoms with Gasteiger partial charge in [0.05, 0.1) is 11.4 Å². The molecular weight excluding hydrogens is 356 g/mol. The number of anilines is 1. The fraction of sp³-hybridized carbons (Fsp3) is 0.167. The second-order valence-corrected chi connectivity index (χ2v) is 6.79. The van der Waals surface area contributed by atoms with Gasteiger partial charge >= 0.3 is 0 Å². The van der Waals surface area contributed by atoms with Crippen LogP contribution in [0.5, 0.6) is 0 Å². The largest absolute Gasteiger partial charge is 0.320 e. The summed E-state index contributed by atoms with van der Waals surface area (Å²) in [6.07, 6.45) is 1.99. The molecule has 7 heteroatoms. The van der Waals surface area contributed by atoms with E-state index in [0.29, 0.717) is 10.7 Å². The van der Waals surface area contributed by atoms with Crippen LogP contribution in [0.3, 0.4) is 0 Å². The Bertz CT molecular complexity index is 939. The minimum absolute atomic E-state index is 0.286. The van der Waals surface area contributed by atoms with Crippen molar-refractivity contribution < 1.29 is 4.79 Å². The Morgan fingerprint density at radius 3 is 2.72 bits per heavy atom. The predicted octanol–water partition coefficient (Wildman–Crippen LogP) is 4.51. The summed E-state index contributed by atoms with van der Waals surface area (Å²) in [6.45, 7) is 3.72. The number of nitrogens with one attached hydrogen (secondary N) is 1. The highest BCUT2D eigenvalue weighted by Crippen LogP contribution is 2.24. The first-order valence-electron chi connectivity index (χ1n) is 7.64. The Hall–Kier alpha value is -2.31. The highest BCUT2D eigenvalue weighted by atomic mass is 35.5. The van der Waals surface area contributed by atoms with Gasteiger partial charge in [0.2, 0.25) is 0 Å². The molecule has 5 nitrogen and oxygen atoms in total. The average Bonchev–Trinajstić information content (AvgIpc) is 2.99. The standard InChI is InChI=1S/C18H17ClN4OS/c1-11-15(19)8-5-9-16(11)23-12(2)17(21-22-23)18(24)20-13-6-4-7-14(10-13)25-3/h4-10H,1-3H3,(H,20,24). The molecule has 1 N–H and O–H groups in total. The molecule has 0 spiro atoms. The quantitative estimate of drug-likeness (QED) is 0.684. The topological polar surface area (TPSA) is 59.8 Å². The second kappa shape index (κ2) is 7.29. The number of benzene rings is 2. The van der Waals surface area contributed by atoms with Crippen molar-refractivity contribution >= 4 is 35.0 Å². The number of aromatic nitrogens is 3. The third-order valence-electron chi connectivity index (χ3n) is 3.90. The van der Waals surface area contributed by atoms with Crippen molar-refractivity contribution in [2.45, 2.75) is 18.7 Å². The van der Waals surface area contributed by atoms with Gasteiger partial charge in [-0.25, -0.2) is 4.68 Å². The van der Waals surface area contributed by atoms with Crippen LogP contribution in [0.4, 0.5) is 5.69 Å². The number of nitrogens with zero attached hydrogens (tertiary/aromatic N) is 3. The number of hydrogen-bond acceptors (Lipinski definition) is 4. The summed E-state index contributed by atoms with van der Waals surface area (Å²) in [4.78, 5) is 13.6. The van der Waals surface area contributed by atoms with Crippen LogP contribution in [-0.2, 0) is 0 Å². The molecule has 0 aliphatic heterocycles. The molecule has 1 aromatic heterocycles. The number of halogens is 1. The van der Waals surface area contributed by atoms with Crippen LogP contribution in [0.25, 0.3) is 5.69 Å². The maximum absolute atomic E-state index is 12.6. The summed E-state index contributed by atoms with van der Waals surface area (Å²) in [5, 5.41) is 11.7. The fourth-order valence-electron chi connectivity index (χ4n) is 2.48. The molecule has 25 heavy (non-hydrogen) atoms. The van der Waals surface area contributed by atoms with Gasteiger partial charge in [0.25, 0.3) is 5.91 Å². The van der Waals surface area contributed by atoms with Gasteiger partial charge in [-0.15, -0.1) is 16.9 Å². The van der Waals surface area contributed by atoms with Crippen LogP contribution >= 0.6 is 23.4 Å². The van der Waals surface area contributed by atoms with Gasteiger partial charge in [0.15, 0.2) is 5.69 Å². The van der Waals surface area contributed by atoms with Gasteiger partial charge in [-0.2, -0.15) is 0 Å². The van der Waals surface area contributed by atoms with E-state index in [1.807, 2.05) is 62.6 Å². The molecule has 0 saturated carbocycles. The van der Waals surface area contributed by atoms with E-state index < -0.39 is 0 Å². The molecule has 2 aromatic carbocycles. The molecule has 0 atom stereocenters. The number of rotatable bonds is 4. The lowest BCUT2D eigenvalue weighted by Crippen LogP contribution is -2.14.